The molecule has 3 heteroatoms. The first kappa shape index (κ1) is 13.6. The summed E-state index contributed by atoms with van der Waals surface area (Å²) in [5.41, 5.74) is 6.57. The Kier molecular flexibility index (Phi) is 4.53. The number of hydrogen-bond acceptors (Lipinski definition) is 2. The summed E-state index contributed by atoms with van der Waals surface area (Å²) in [5.74, 6) is 0.142. The Labute approximate surface area is 114 Å². The molecule has 0 spiro atoms. The molecule has 0 aliphatic heterocycles. The van der Waals surface area contributed by atoms with Crippen LogP contribution in [0.2, 0.25) is 0 Å². The number of benzene rings is 2. The molecule has 0 aliphatic rings. The van der Waals surface area contributed by atoms with Gasteiger partial charge in [-0.1, -0.05) is 42.5 Å². The second-order valence-electron chi connectivity index (χ2n) is 4.62. The summed E-state index contributed by atoms with van der Waals surface area (Å²) < 4.78 is 0. The lowest BCUT2D eigenvalue weighted by atomic mass is 10.0. The van der Waals surface area contributed by atoms with Crippen LogP contribution < -0.4 is 5.73 Å². The molecule has 0 bridgehead atoms. The van der Waals surface area contributed by atoms with Crippen molar-refractivity contribution in [2.45, 2.75) is 13.3 Å². The second kappa shape index (κ2) is 6.34. The van der Waals surface area contributed by atoms with Crippen molar-refractivity contribution in [2.75, 3.05) is 19.6 Å². The van der Waals surface area contributed by atoms with Crippen molar-refractivity contribution in [3.05, 3.63) is 48.0 Å². The van der Waals surface area contributed by atoms with E-state index < -0.39 is 0 Å². The molecule has 0 saturated heterocycles. The molecule has 2 rings (SSSR count). The Morgan fingerprint density at radius 3 is 2.58 bits per heavy atom. The highest BCUT2D eigenvalue weighted by Crippen LogP contribution is 2.16. The Morgan fingerprint density at radius 2 is 1.89 bits per heavy atom. The van der Waals surface area contributed by atoms with Crippen LogP contribution in [0.5, 0.6) is 0 Å². The smallest absolute Gasteiger partial charge is 0.227 e. The largest absolute Gasteiger partial charge is 0.341 e. The Bertz CT molecular complexity index is 565. The fourth-order valence-corrected chi connectivity index (χ4v) is 2.25. The van der Waals surface area contributed by atoms with Crippen LogP contribution in [0.4, 0.5) is 0 Å². The molecular weight excluding hydrogens is 236 g/mol. The topological polar surface area (TPSA) is 46.3 Å². The van der Waals surface area contributed by atoms with Crippen LogP contribution in [0.1, 0.15) is 12.5 Å². The average molecular weight is 256 g/mol. The highest BCUT2D eigenvalue weighted by molar-refractivity contribution is 5.85. The number of rotatable bonds is 5. The van der Waals surface area contributed by atoms with Crippen molar-refractivity contribution < 1.29 is 4.79 Å². The molecule has 0 unspecified atom stereocenters. The Morgan fingerprint density at radius 1 is 1.16 bits per heavy atom. The van der Waals surface area contributed by atoms with Gasteiger partial charge in [0.25, 0.3) is 0 Å². The van der Waals surface area contributed by atoms with Gasteiger partial charge in [0.05, 0.1) is 6.42 Å². The molecule has 2 aromatic rings. The first-order chi connectivity index (χ1) is 9.24. The molecule has 0 fully saturated rings. The minimum atomic E-state index is 0.142. The van der Waals surface area contributed by atoms with E-state index in [4.69, 9.17) is 5.73 Å². The van der Waals surface area contributed by atoms with E-state index in [1.54, 1.807) is 4.90 Å². The van der Waals surface area contributed by atoms with Gasteiger partial charge in [-0.2, -0.15) is 0 Å². The molecule has 0 radical (unpaired) electrons. The number of hydrogen-bond donors (Lipinski definition) is 1. The van der Waals surface area contributed by atoms with Crippen LogP contribution in [-0.4, -0.2) is 30.4 Å². The minimum absolute atomic E-state index is 0.142. The number of nitrogens with zero attached hydrogens (tertiary/aromatic N) is 1. The van der Waals surface area contributed by atoms with E-state index >= 15 is 0 Å². The molecule has 100 valence electrons. The van der Waals surface area contributed by atoms with Gasteiger partial charge in [-0.3, -0.25) is 4.79 Å². The molecule has 0 heterocycles. The van der Waals surface area contributed by atoms with Crippen LogP contribution in [0.3, 0.4) is 0 Å². The van der Waals surface area contributed by atoms with E-state index in [-0.39, 0.29) is 5.91 Å². The SMILES string of the molecule is CCN(CCN)C(=O)Cc1ccc2ccccc2c1. The van der Waals surface area contributed by atoms with E-state index in [1.807, 2.05) is 25.1 Å². The molecule has 0 saturated carbocycles. The minimum Gasteiger partial charge on any atom is -0.341 e. The number of amides is 1. The first-order valence-corrected chi connectivity index (χ1v) is 6.70. The fourth-order valence-electron chi connectivity index (χ4n) is 2.25. The van der Waals surface area contributed by atoms with Crippen molar-refractivity contribution >= 4 is 16.7 Å². The van der Waals surface area contributed by atoms with Crippen molar-refractivity contribution in [3.8, 4) is 0 Å². The van der Waals surface area contributed by atoms with Crippen LogP contribution in [0, 0.1) is 0 Å². The summed E-state index contributed by atoms with van der Waals surface area (Å²) in [6.45, 7) is 3.83. The van der Waals surface area contributed by atoms with Crippen LogP contribution >= 0.6 is 0 Å². The molecule has 2 N–H and O–H groups in total. The Balaban J connectivity index is 2.14. The van der Waals surface area contributed by atoms with Gasteiger partial charge >= 0.3 is 0 Å². The summed E-state index contributed by atoms with van der Waals surface area (Å²) in [6, 6.07) is 14.4. The van der Waals surface area contributed by atoms with E-state index in [9.17, 15) is 4.79 Å². The standard InChI is InChI=1S/C16H20N2O/c1-2-18(10-9-17)16(19)12-13-7-8-14-5-3-4-6-15(14)11-13/h3-8,11H,2,9-10,12,17H2,1H3. The lowest BCUT2D eigenvalue weighted by Gasteiger charge is -2.20. The number of carbonyl (C=O) groups is 1. The van der Waals surface area contributed by atoms with Gasteiger partial charge in [-0.15, -0.1) is 0 Å². The van der Waals surface area contributed by atoms with Gasteiger partial charge in [0.15, 0.2) is 0 Å². The lowest BCUT2D eigenvalue weighted by molar-refractivity contribution is -0.130. The van der Waals surface area contributed by atoms with Crippen molar-refractivity contribution in [2.24, 2.45) is 5.73 Å². The number of likely N-dealkylation sites (N-methyl/N-ethyl adjacent to an activating group) is 1. The maximum Gasteiger partial charge on any atom is 0.227 e. The average Bonchev–Trinajstić information content (AvgIpc) is 2.44. The molecule has 2 aromatic carbocycles. The predicted molar refractivity (Wildman–Crippen MR) is 79.0 cm³/mol. The van der Waals surface area contributed by atoms with Crippen LogP contribution in [0.25, 0.3) is 10.8 Å². The summed E-state index contributed by atoms with van der Waals surface area (Å²) in [7, 11) is 0. The van der Waals surface area contributed by atoms with Gasteiger partial charge < -0.3 is 10.6 Å². The zero-order valence-corrected chi connectivity index (χ0v) is 11.3. The fraction of sp³-hybridized carbons (Fsp3) is 0.312. The number of nitrogens with two attached hydrogens (primary N) is 1. The van der Waals surface area contributed by atoms with Crippen molar-refractivity contribution in [1.82, 2.24) is 4.90 Å². The lowest BCUT2D eigenvalue weighted by Crippen LogP contribution is -2.36. The van der Waals surface area contributed by atoms with Crippen LogP contribution in [-0.2, 0) is 11.2 Å². The molecular formula is C16H20N2O. The summed E-state index contributed by atoms with van der Waals surface area (Å²) in [6.07, 6.45) is 0.443. The third-order valence-electron chi connectivity index (χ3n) is 3.30. The third-order valence-corrected chi connectivity index (χ3v) is 3.30. The first-order valence-electron chi connectivity index (χ1n) is 6.70. The maximum atomic E-state index is 12.1. The molecule has 0 aliphatic carbocycles. The van der Waals surface area contributed by atoms with E-state index in [0.717, 1.165) is 5.56 Å². The predicted octanol–water partition coefficient (Wildman–Crippen LogP) is 2.19. The summed E-state index contributed by atoms with van der Waals surface area (Å²) in [4.78, 5) is 13.9. The molecule has 0 aromatic heterocycles. The van der Waals surface area contributed by atoms with Gasteiger partial charge in [0, 0.05) is 19.6 Å². The molecule has 3 nitrogen and oxygen atoms in total. The number of carbonyl (C=O) groups excluding carboxylic acids is 1. The van der Waals surface area contributed by atoms with Crippen LogP contribution in [0.15, 0.2) is 42.5 Å². The van der Waals surface area contributed by atoms with E-state index in [1.165, 1.54) is 10.8 Å². The molecule has 0 atom stereocenters. The highest BCUT2D eigenvalue weighted by atomic mass is 16.2. The monoisotopic (exact) mass is 256 g/mol. The quantitative estimate of drug-likeness (QED) is 0.891. The number of fused-ring (bicyclic) bond motifs is 1. The van der Waals surface area contributed by atoms with Gasteiger partial charge in [-0.25, -0.2) is 0 Å². The highest BCUT2D eigenvalue weighted by Gasteiger charge is 2.11. The van der Waals surface area contributed by atoms with Crippen molar-refractivity contribution in [1.29, 1.82) is 0 Å². The van der Waals surface area contributed by atoms with Gasteiger partial charge in [0.2, 0.25) is 5.91 Å². The second-order valence-corrected chi connectivity index (χ2v) is 4.62. The summed E-state index contributed by atoms with van der Waals surface area (Å²) >= 11 is 0. The molecule has 1 amide bonds. The molecule has 19 heavy (non-hydrogen) atoms. The van der Waals surface area contributed by atoms with E-state index in [0.29, 0.717) is 26.1 Å². The normalized spacial score (nSPS) is 10.6. The Hall–Kier alpha value is -1.87. The van der Waals surface area contributed by atoms with E-state index in [2.05, 4.69) is 24.3 Å². The van der Waals surface area contributed by atoms with Crippen molar-refractivity contribution in [3.63, 3.8) is 0 Å². The third kappa shape index (κ3) is 3.32. The van der Waals surface area contributed by atoms with Gasteiger partial charge in [0.1, 0.15) is 0 Å². The summed E-state index contributed by atoms with van der Waals surface area (Å²) in [5, 5.41) is 2.38. The zero-order chi connectivity index (χ0) is 13.7. The zero-order valence-electron chi connectivity index (χ0n) is 11.3. The van der Waals surface area contributed by atoms with Gasteiger partial charge in [-0.05, 0) is 23.3 Å². The maximum absolute atomic E-state index is 12.1.